The number of allylic oxidation sites excluding steroid dienone is 2. The summed E-state index contributed by atoms with van der Waals surface area (Å²) in [6.45, 7) is 2.31. The van der Waals surface area contributed by atoms with Crippen LogP contribution in [0.25, 0.3) is 6.08 Å². The maximum absolute atomic E-state index is 12.9. The fraction of sp³-hybridized carbons (Fsp3) is 0.474. The molecule has 0 bridgehead atoms. The minimum Gasteiger partial charge on any atom is -0.497 e. The molecule has 0 spiro atoms. The van der Waals surface area contributed by atoms with Gasteiger partial charge in [-0.25, -0.2) is 5.09 Å². The molecule has 1 aliphatic rings. The van der Waals surface area contributed by atoms with E-state index in [-0.39, 0.29) is 0 Å². The quantitative estimate of drug-likeness (QED) is 0.506. The second-order valence-electron chi connectivity index (χ2n) is 5.95. The van der Waals surface area contributed by atoms with E-state index >= 15 is 0 Å². The monoisotopic (exact) mass is 349 g/mol. The van der Waals surface area contributed by atoms with Gasteiger partial charge in [0.05, 0.1) is 13.7 Å². The summed E-state index contributed by atoms with van der Waals surface area (Å²) in [4.78, 5) is 0. The molecule has 1 atom stereocenters. The Kier molecular flexibility index (Phi) is 7.77. The van der Waals surface area contributed by atoms with Crippen LogP contribution in [0.3, 0.4) is 0 Å². The topological polar surface area (TPSA) is 47.6 Å². The highest BCUT2D eigenvalue weighted by molar-refractivity contribution is 7.60. The molecule has 4 nitrogen and oxygen atoms in total. The maximum Gasteiger partial charge on any atom is 0.292 e. The first-order chi connectivity index (χ1) is 11.6. The average Bonchev–Trinajstić information content (AvgIpc) is 2.60. The van der Waals surface area contributed by atoms with Gasteiger partial charge in [-0.3, -0.25) is 4.57 Å². The number of rotatable bonds is 8. The molecule has 1 fully saturated rings. The highest BCUT2D eigenvalue weighted by Crippen LogP contribution is 2.45. The summed E-state index contributed by atoms with van der Waals surface area (Å²) < 4.78 is 23.6. The second-order valence-corrected chi connectivity index (χ2v) is 7.96. The van der Waals surface area contributed by atoms with Gasteiger partial charge < -0.3 is 9.26 Å². The maximum atomic E-state index is 12.9. The van der Waals surface area contributed by atoms with Crippen molar-refractivity contribution < 1.29 is 13.8 Å². The van der Waals surface area contributed by atoms with Crippen LogP contribution in [-0.4, -0.2) is 19.8 Å². The van der Waals surface area contributed by atoms with E-state index in [1.165, 1.54) is 19.3 Å². The van der Waals surface area contributed by atoms with Crippen LogP contribution in [0.15, 0.2) is 42.2 Å². The van der Waals surface area contributed by atoms with Gasteiger partial charge in [0.2, 0.25) is 0 Å². The van der Waals surface area contributed by atoms with Crippen molar-refractivity contribution in [2.45, 2.75) is 45.1 Å². The van der Waals surface area contributed by atoms with Crippen LogP contribution in [0.5, 0.6) is 5.75 Å². The predicted molar refractivity (Wildman–Crippen MR) is 100 cm³/mol. The Hall–Kier alpha value is -1.35. The van der Waals surface area contributed by atoms with E-state index < -0.39 is 7.52 Å². The normalized spacial score (nSPS) is 18.9. The second kappa shape index (κ2) is 9.83. The summed E-state index contributed by atoms with van der Waals surface area (Å²) >= 11 is 0. The first-order valence-corrected chi connectivity index (χ1v) is 10.4. The average molecular weight is 349 g/mol. The van der Waals surface area contributed by atoms with Crippen molar-refractivity contribution >= 4 is 13.6 Å². The Morgan fingerprint density at radius 3 is 2.50 bits per heavy atom. The van der Waals surface area contributed by atoms with Gasteiger partial charge >= 0.3 is 0 Å². The van der Waals surface area contributed by atoms with E-state index in [1.54, 1.807) is 19.0 Å². The zero-order valence-corrected chi connectivity index (χ0v) is 15.5. The summed E-state index contributed by atoms with van der Waals surface area (Å²) in [5.41, 5.74) is 1.06. The molecule has 132 valence electrons. The first-order valence-electron chi connectivity index (χ1n) is 8.67. The van der Waals surface area contributed by atoms with Crippen LogP contribution in [0.4, 0.5) is 0 Å². The molecular formula is C19H28NO3P. The van der Waals surface area contributed by atoms with E-state index in [0.29, 0.717) is 12.6 Å². The smallest absolute Gasteiger partial charge is 0.292 e. The lowest BCUT2D eigenvalue weighted by molar-refractivity contribution is 0.316. The third-order valence-corrected chi connectivity index (χ3v) is 6.02. The Bertz CT molecular complexity index is 589. The van der Waals surface area contributed by atoms with Crippen LogP contribution >= 0.6 is 7.52 Å². The van der Waals surface area contributed by atoms with E-state index in [2.05, 4.69) is 5.09 Å². The number of hydrogen-bond acceptors (Lipinski definition) is 3. The van der Waals surface area contributed by atoms with Crippen LogP contribution in [0.1, 0.15) is 44.6 Å². The van der Waals surface area contributed by atoms with Gasteiger partial charge in [-0.05, 0) is 37.5 Å². The van der Waals surface area contributed by atoms with E-state index in [1.807, 2.05) is 43.3 Å². The first kappa shape index (κ1) is 19.0. The Labute approximate surface area is 145 Å². The van der Waals surface area contributed by atoms with Gasteiger partial charge in [0.1, 0.15) is 5.75 Å². The number of methoxy groups -OCH3 is 1. The number of hydrogen-bond donors (Lipinski definition) is 1. The van der Waals surface area contributed by atoms with Crippen molar-refractivity contribution in [1.82, 2.24) is 5.09 Å². The van der Waals surface area contributed by atoms with Gasteiger partial charge in [0.25, 0.3) is 7.52 Å². The van der Waals surface area contributed by atoms with Crippen molar-refractivity contribution in [3.63, 3.8) is 0 Å². The zero-order valence-electron chi connectivity index (χ0n) is 14.6. The van der Waals surface area contributed by atoms with E-state index in [4.69, 9.17) is 9.26 Å². The highest BCUT2D eigenvalue weighted by Gasteiger charge is 2.24. The van der Waals surface area contributed by atoms with Crippen molar-refractivity contribution in [2.75, 3.05) is 13.7 Å². The molecule has 1 aliphatic carbocycles. The lowest BCUT2D eigenvalue weighted by Gasteiger charge is -2.26. The molecule has 0 saturated heterocycles. The van der Waals surface area contributed by atoms with Crippen LogP contribution in [0, 0.1) is 0 Å². The van der Waals surface area contributed by atoms with Crippen molar-refractivity contribution in [3.05, 3.63) is 47.8 Å². The largest absolute Gasteiger partial charge is 0.497 e. The number of benzene rings is 1. The minimum atomic E-state index is -2.92. The Morgan fingerprint density at radius 1 is 1.17 bits per heavy atom. The zero-order chi connectivity index (χ0) is 17.3. The molecule has 0 aliphatic heterocycles. The fourth-order valence-corrected chi connectivity index (χ4v) is 4.57. The van der Waals surface area contributed by atoms with Gasteiger partial charge in [0.15, 0.2) is 0 Å². The minimum absolute atomic E-state index is 0.298. The van der Waals surface area contributed by atoms with Crippen LogP contribution in [0.2, 0.25) is 0 Å². The number of nitrogens with one attached hydrogen (secondary N) is 1. The van der Waals surface area contributed by atoms with Gasteiger partial charge in [-0.15, -0.1) is 0 Å². The van der Waals surface area contributed by atoms with Crippen LogP contribution < -0.4 is 9.82 Å². The third-order valence-electron chi connectivity index (χ3n) is 4.09. The molecule has 1 aromatic rings. The SMILES string of the molecule is CCOP(=O)(/C=C/C=C/c1ccc(OC)cc1)NC1CCCCC1. The molecule has 1 aromatic carbocycles. The van der Waals surface area contributed by atoms with Crippen molar-refractivity contribution in [1.29, 1.82) is 0 Å². The molecule has 0 amide bonds. The molecule has 2 rings (SSSR count). The molecule has 1 N–H and O–H groups in total. The fourth-order valence-electron chi connectivity index (χ4n) is 2.85. The number of ether oxygens (including phenoxy) is 1. The molecule has 0 heterocycles. The standard InChI is InChI=1S/C19H28NO3P/c1-3-23-24(21,20-18-10-5-4-6-11-18)16-8-7-9-17-12-14-19(22-2)15-13-17/h7-9,12-16,18H,3-6,10-11H2,1-2H3,(H,20,21)/b9-7+,16-8+. The van der Waals surface area contributed by atoms with Crippen molar-refractivity contribution in [2.24, 2.45) is 0 Å². The van der Waals surface area contributed by atoms with E-state index in [9.17, 15) is 4.57 Å². The summed E-state index contributed by atoms with van der Waals surface area (Å²) in [6.07, 6.45) is 11.5. The van der Waals surface area contributed by atoms with Gasteiger partial charge in [0, 0.05) is 11.9 Å². The molecule has 0 aromatic heterocycles. The summed E-state index contributed by atoms with van der Waals surface area (Å²) in [7, 11) is -1.27. The van der Waals surface area contributed by atoms with Gasteiger partial charge in [-0.1, -0.05) is 49.6 Å². The summed E-state index contributed by atoms with van der Waals surface area (Å²) in [6, 6.07) is 8.08. The highest BCUT2D eigenvalue weighted by atomic mass is 31.2. The predicted octanol–water partition coefficient (Wildman–Crippen LogP) is 5.37. The molecule has 5 heteroatoms. The molecule has 24 heavy (non-hydrogen) atoms. The molecule has 1 unspecified atom stereocenters. The lowest BCUT2D eigenvalue weighted by Crippen LogP contribution is -2.28. The Balaban J connectivity index is 1.95. The molecule has 0 radical (unpaired) electrons. The van der Waals surface area contributed by atoms with Crippen LogP contribution in [-0.2, 0) is 9.09 Å². The summed E-state index contributed by atoms with van der Waals surface area (Å²) in [5.74, 6) is 2.51. The molecule has 1 saturated carbocycles. The third kappa shape index (κ3) is 6.27. The summed E-state index contributed by atoms with van der Waals surface area (Å²) in [5, 5.41) is 3.24. The van der Waals surface area contributed by atoms with Gasteiger partial charge in [-0.2, -0.15) is 0 Å². The van der Waals surface area contributed by atoms with Crippen molar-refractivity contribution in [3.8, 4) is 5.75 Å². The lowest BCUT2D eigenvalue weighted by atomic mass is 9.96. The molecular weight excluding hydrogens is 321 g/mol. The Morgan fingerprint density at radius 2 is 1.88 bits per heavy atom. The van der Waals surface area contributed by atoms with E-state index in [0.717, 1.165) is 24.2 Å².